The SMILES string of the molecule is Cc1ccc(-n2cnnc2SC(C)C(=O)Nc2ccc(F)c(F)c2)cc1Cl. The number of halogens is 3. The molecule has 0 saturated carbocycles. The molecule has 3 rings (SSSR count). The molecule has 140 valence electrons. The Morgan fingerprint density at radius 1 is 1.22 bits per heavy atom. The number of nitrogens with zero attached hydrogens (tertiary/aromatic N) is 3. The minimum atomic E-state index is -1.02. The lowest BCUT2D eigenvalue weighted by Crippen LogP contribution is -2.23. The maximum absolute atomic E-state index is 13.3. The van der Waals surface area contributed by atoms with Gasteiger partial charge >= 0.3 is 0 Å². The molecular weight excluding hydrogens is 394 g/mol. The van der Waals surface area contributed by atoms with Crippen LogP contribution in [0.15, 0.2) is 47.9 Å². The molecule has 0 aliphatic carbocycles. The van der Waals surface area contributed by atoms with Gasteiger partial charge in [0.25, 0.3) is 0 Å². The van der Waals surface area contributed by atoms with Crippen LogP contribution in [0.25, 0.3) is 5.69 Å². The van der Waals surface area contributed by atoms with Gasteiger partial charge in [0, 0.05) is 16.8 Å². The molecule has 0 saturated heterocycles. The fourth-order valence-corrected chi connectivity index (χ4v) is 3.26. The number of thioether (sulfide) groups is 1. The van der Waals surface area contributed by atoms with Gasteiger partial charge in [-0.2, -0.15) is 0 Å². The third-order valence-electron chi connectivity index (χ3n) is 3.79. The number of carbonyl (C=O) groups excluding carboxylic acids is 1. The van der Waals surface area contributed by atoms with Crippen LogP contribution in [0.3, 0.4) is 0 Å². The van der Waals surface area contributed by atoms with Crippen LogP contribution in [0.4, 0.5) is 14.5 Å². The predicted octanol–water partition coefficient (Wildman–Crippen LogP) is 4.63. The summed E-state index contributed by atoms with van der Waals surface area (Å²) in [5.41, 5.74) is 1.89. The number of carbonyl (C=O) groups is 1. The van der Waals surface area contributed by atoms with E-state index in [-0.39, 0.29) is 11.6 Å². The summed E-state index contributed by atoms with van der Waals surface area (Å²) < 4.78 is 28.0. The van der Waals surface area contributed by atoms with Crippen LogP contribution in [0.1, 0.15) is 12.5 Å². The zero-order chi connectivity index (χ0) is 19.6. The molecular formula is C18H15ClF2N4OS. The van der Waals surface area contributed by atoms with Gasteiger partial charge in [-0.1, -0.05) is 29.4 Å². The van der Waals surface area contributed by atoms with Crippen LogP contribution in [-0.4, -0.2) is 25.9 Å². The van der Waals surface area contributed by atoms with Crippen molar-refractivity contribution in [1.29, 1.82) is 0 Å². The molecule has 0 aliphatic heterocycles. The molecule has 1 aromatic heterocycles. The Labute approximate surface area is 163 Å². The largest absolute Gasteiger partial charge is 0.325 e. The molecule has 0 spiro atoms. The van der Waals surface area contributed by atoms with E-state index in [9.17, 15) is 13.6 Å². The molecule has 0 bridgehead atoms. The van der Waals surface area contributed by atoms with Gasteiger partial charge in [-0.25, -0.2) is 8.78 Å². The molecule has 0 fully saturated rings. The van der Waals surface area contributed by atoms with Crippen LogP contribution < -0.4 is 5.32 Å². The van der Waals surface area contributed by atoms with E-state index in [2.05, 4.69) is 15.5 Å². The first-order valence-corrected chi connectivity index (χ1v) is 9.20. The summed E-state index contributed by atoms with van der Waals surface area (Å²) in [4.78, 5) is 12.4. The molecule has 1 unspecified atom stereocenters. The Hall–Kier alpha value is -2.45. The van der Waals surface area contributed by atoms with E-state index in [1.165, 1.54) is 24.2 Å². The third-order valence-corrected chi connectivity index (χ3v) is 5.25. The number of aromatic nitrogens is 3. The van der Waals surface area contributed by atoms with E-state index in [4.69, 9.17) is 11.6 Å². The summed E-state index contributed by atoms with van der Waals surface area (Å²) in [6.07, 6.45) is 1.53. The number of amides is 1. The minimum Gasteiger partial charge on any atom is -0.325 e. The quantitative estimate of drug-likeness (QED) is 0.625. The van der Waals surface area contributed by atoms with Crippen molar-refractivity contribution in [3.8, 4) is 5.69 Å². The molecule has 0 aliphatic rings. The summed E-state index contributed by atoms with van der Waals surface area (Å²) in [5, 5.41) is 11.1. The predicted molar refractivity (Wildman–Crippen MR) is 101 cm³/mol. The number of hydrogen-bond acceptors (Lipinski definition) is 4. The van der Waals surface area contributed by atoms with Gasteiger partial charge < -0.3 is 5.32 Å². The van der Waals surface area contributed by atoms with Crippen molar-refractivity contribution in [2.75, 3.05) is 5.32 Å². The summed E-state index contributed by atoms with van der Waals surface area (Å²) >= 11 is 7.35. The first-order chi connectivity index (χ1) is 12.8. The number of benzene rings is 2. The lowest BCUT2D eigenvalue weighted by Gasteiger charge is -2.13. The number of nitrogens with one attached hydrogen (secondary N) is 1. The summed E-state index contributed by atoms with van der Waals surface area (Å²) in [6.45, 7) is 3.58. The maximum atomic E-state index is 13.3. The van der Waals surface area contributed by atoms with Gasteiger partial charge in [0.2, 0.25) is 5.91 Å². The molecule has 1 heterocycles. The van der Waals surface area contributed by atoms with Crippen molar-refractivity contribution in [2.24, 2.45) is 0 Å². The summed E-state index contributed by atoms with van der Waals surface area (Å²) in [7, 11) is 0. The molecule has 1 atom stereocenters. The Kier molecular flexibility index (Phi) is 5.76. The minimum absolute atomic E-state index is 0.179. The third kappa shape index (κ3) is 4.45. The van der Waals surface area contributed by atoms with Gasteiger partial charge in [0.05, 0.1) is 10.9 Å². The molecule has 3 aromatic rings. The van der Waals surface area contributed by atoms with Crippen LogP contribution in [-0.2, 0) is 4.79 Å². The first-order valence-electron chi connectivity index (χ1n) is 7.94. The number of aryl methyl sites for hydroxylation is 1. The standard InChI is InChI=1S/C18H15ClF2N4OS/c1-10-3-5-13(8-14(10)19)25-9-22-24-18(25)27-11(2)17(26)23-12-4-6-15(20)16(21)7-12/h3-9,11H,1-2H3,(H,23,26). The van der Waals surface area contributed by atoms with Crippen LogP contribution >= 0.6 is 23.4 Å². The van der Waals surface area contributed by atoms with Gasteiger partial charge in [0.1, 0.15) is 6.33 Å². The van der Waals surface area contributed by atoms with Crippen molar-refractivity contribution in [2.45, 2.75) is 24.3 Å². The lowest BCUT2D eigenvalue weighted by atomic mass is 10.2. The highest BCUT2D eigenvalue weighted by molar-refractivity contribution is 8.00. The smallest absolute Gasteiger partial charge is 0.237 e. The van der Waals surface area contributed by atoms with Crippen molar-refractivity contribution >= 4 is 35.0 Å². The summed E-state index contributed by atoms with van der Waals surface area (Å²) in [5.74, 6) is -2.37. The second-order valence-corrected chi connectivity index (χ2v) is 7.51. The zero-order valence-electron chi connectivity index (χ0n) is 14.4. The molecule has 5 nitrogen and oxygen atoms in total. The fraction of sp³-hybridized carbons (Fsp3) is 0.167. The average molecular weight is 409 g/mol. The molecule has 2 aromatic carbocycles. The highest BCUT2D eigenvalue weighted by Gasteiger charge is 2.19. The van der Waals surface area contributed by atoms with Crippen LogP contribution in [0.2, 0.25) is 5.02 Å². The number of anilines is 1. The highest BCUT2D eigenvalue weighted by atomic mass is 35.5. The van der Waals surface area contributed by atoms with Gasteiger partial charge in [-0.05, 0) is 43.7 Å². The topological polar surface area (TPSA) is 59.8 Å². The van der Waals surface area contributed by atoms with Crippen LogP contribution in [0.5, 0.6) is 0 Å². The normalized spacial score (nSPS) is 12.0. The number of rotatable bonds is 5. The molecule has 1 N–H and O–H groups in total. The molecule has 0 radical (unpaired) electrons. The molecule has 27 heavy (non-hydrogen) atoms. The molecule has 9 heteroatoms. The van der Waals surface area contributed by atoms with Gasteiger partial charge in [-0.3, -0.25) is 9.36 Å². The lowest BCUT2D eigenvalue weighted by molar-refractivity contribution is -0.115. The van der Waals surface area contributed by atoms with Gasteiger partial charge in [-0.15, -0.1) is 10.2 Å². The van der Waals surface area contributed by atoms with E-state index >= 15 is 0 Å². The Morgan fingerprint density at radius 2 is 2.00 bits per heavy atom. The maximum Gasteiger partial charge on any atom is 0.237 e. The Balaban J connectivity index is 1.73. The second kappa shape index (κ2) is 8.06. The zero-order valence-corrected chi connectivity index (χ0v) is 16.0. The first kappa shape index (κ1) is 19.3. The van der Waals surface area contributed by atoms with Crippen molar-refractivity contribution in [3.05, 3.63) is 64.9 Å². The highest BCUT2D eigenvalue weighted by Crippen LogP contribution is 2.27. The monoisotopic (exact) mass is 408 g/mol. The van der Waals surface area contributed by atoms with Crippen LogP contribution in [0, 0.1) is 18.6 Å². The Morgan fingerprint density at radius 3 is 2.70 bits per heavy atom. The van der Waals surface area contributed by atoms with Crippen molar-refractivity contribution < 1.29 is 13.6 Å². The van der Waals surface area contributed by atoms with E-state index in [0.717, 1.165) is 23.4 Å². The van der Waals surface area contributed by atoms with Crippen molar-refractivity contribution in [1.82, 2.24) is 14.8 Å². The van der Waals surface area contributed by atoms with E-state index in [1.54, 1.807) is 17.6 Å². The second-order valence-electron chi connectivity index (χ2n) is 5.80. The Bertz CT molecular complexity index is 995. The fourth-order valence-electron chi connectivity index (χ4n) is 2.24. The summed E-state index contributed by atoms with van der Waals surface area (Å²) in [6, 6.07) is 8.73. The van der Waals surface area contributed by atoms with E-state index in [0.29, 0.717) is 10.2 Å². The average Bonchev–Trinajstić information content (AvgIpc) is 3.08. The van der Waals surface area contributed by atoms with Gasteiger partial charge in [0.15, 0.2) is 16.8 Å². The van der Waals surface area contributed by atoms with E-state index in [1.807, 2.05) is 19.1 Å². The van der Waals surface area contributed by atoms with Crippen molar-refractivity contribution in [3.63, 3.8) is 0 Å². The van der Waals surface area contributed by atoms with E-state index < -0.39 is 16.9 Å². The molecule has 1 amide bonds. The number of hydrogen-bond donors (Lipinski definition) is 1.